The SMILES string of the molecule is Cc1cccc(CCC(=O)Nc2ccnn2[C@@H]2CCS(=O)(=O)C2)c1. The van der Waals surface area contributed by atoms with Crippen LogP contribution in [0.5, 0.6) is 0 Å². The minimum Gasteiger partial charge on any atom is -0.311 e. The van der Waals surface area contributed by atoms with Crippen molar-refractivity contribution in [3.63, 3.8) is 0 Å². The first-order chi connectivity index (χ1) is 11.4. The summed E-state index contributed by atoms with van der Waals surface area (Å²) in [5, 5.41) is 7.03. The number of nitrogens with one attached hydrogen (secondary N) is 1. The van der Waals surface area contributed by atoms with Gasteiger partial charge in [-0.1, -0.05) is 29.8 Å². The van der Waals surface area contributed by atoms with Crippen LogP contribution in [-0.4, -0.2) is 35.6 Å². The molecule has 0 spiro atoms. The first-order valence-corrected chi connectivity index (χ1v) is 9.84. The Labute approximate surface area is 141 Å². The number of anilines is 1. The van der Waals surface area contributed by atoms with E-state index < -0.39 is 9.84 Å². The van der Waals surface area contributed by atoms with Crippen LogP contribution in [0.25, 0.3) is 0 Å². The number of sulfone groups is 1. The van der Waals surface area contributed by atoms with Crippen molar-refractivity contribution in [3.05, 3.63) is 47.7 Å². The van der Waals surface area contributed by atoms with Crippen molar-refractivity contribution in [2.24, 2.45) is 0 Å². The summed E-state index contributed by atoms with van der Waals surface area (Å²) in [5.74, 6) is 0.726. The molecule has 1 saturated heterocycles. The number of hydrogen-bond acceptors (Lipinski definition) is 4. The summed E-state index contributed by atoms with van der Waals surface area (Å²) >= 11 is 0. The first kappa shape index (κ1) is 16.7. The monoisotopic (exact) mass is 347 g/mol. The number of carbonyl (C=O) groups excluding carboxylic acids is 1. The standard InChI is InChI=1S/C17H21N3O3S/c1-13-3-2-4-14(11-13)5-6-17(21)19-16-7-9-18-20(16)15-8-10-24(22,23)12-15/h2-4,7,9,11,15H,5-6,8,10,12H2,1H3,(H,19,21)/t15-/m1/s1. The van der Waals surface area contributed by atoms with Gasteiger partial charge in [-0.15, -0.1) is 0 Å². The zero-order valence-corrected chi connectivity index (χ0v) is 14.4. The van der Waals surface area contributed by atoms with Crippen molar-refractivity contribution in [3.8, 4) is 0 Å². The average molecular weight is 347 g/mol. The lowest BCUT2D eigenvalue weighted by Gasteiger charge is -2.13. The molecular weight excluding hydrogens is 326 g/mol. The molecule has 0 aliphatic carbocycles. The molecule has 128 valence electrons. The molecule has 1 amide bonds. The molecule has 6 nitrogen and oxygen atoms in total. The molecule has 1 fully saturated rings. The number of rotatable bonds is 5. The molecule has 0 unspecified atom stereocenters. The van der Waals surface area contributed by atoms with Crippen molar-refractivity contribution < 1.29 is 13.2 Å². The van der Waals surface area contributed by atoms with E-state index in [1.54, 1.807) is 16.9 Å². The Morgan fingerprint density at radius 1 is 1.38 bits per heavy atom. The first-order valence-electron chi connectivity index (χ1n) is 8.02. The van der Waals surface area contributed by atoms with E-state index in [2.05, 4.69) is 16.5 Å². The summed E-state index contributed by atoms with van der Waals surface area (Å²) in [6, 6.07) is 9.59. The van der Waals surface area contributed by atoms with Gasteiger partial charge in [0, 0.05) is 12.5 Å². The summed E-state index contributed by atoms with van der Waals surface area (Å²) < 4.78 is 24.9. The second kappa shape index (κ2) is 6.76. The molecule has 1 aromatic carbocycles. The van der Waals surface area contributed by atoms with E-state index in [0.717, 1.165) is 5.56 Å². The van der Waals surface area contributed by atoms with Crippen LogP contribution in [0.4, 0.5) is 5.82 Å². The minimum absolute atomic E-state index is 0.0842. The third kappa shape index (κ3) is 4.03. The van der Waals surface area contributed by atoms with Crippen molar-refractivity contribution >= 4 is 21.6 Å². The Kier molecular flexibility index (Phi) is 4.71. The minimum atomic E-state index is -2.99. The van der Waals surface area contributed by atoms with E-state index in [1.165, 1.54) is 5.56 Å². The predicted octanol–water partition coefficient (Wildman–Crippen LogP) is 2.12. The van der Waals surface area contributed by atoms with Gasteiger partial charge in [0.25, 0.3) is 0 Å². The molecule has 1 N–H and O–H groups in total. The van der Waals surface area contributed by atoms with Crippen molar-refractivity contribution in [1.82, 2.24) is 9.78 Å². The second-order valence-corrected chi connectivity index (χ2v) is 8.48. The number of aromatic nitrogens is 2. The van der Waals surface area contributed by atoms with E-state index in [4.69, 9.17) is 0 Å². The third-order valence-corrected chi connectivity index (χ3v) is 5.97. The lowest BCUT2D eigenvalue weighted by molar-refractivity contribution is -0.116. The molecule has 1 atom stereocenters. The number of aryl methyl sites for hydroxylation is 2. The fourth-order valence-electron chi connectivity index (χ4n) is 3.00. The van der Waals surface area contributed by atoms with E-state index in [-0.39, 0.29) is 23.5 Å². The van der Waals surface area contributed by atoms with Crippen LogP contribution in [0.1, 0.15) is 30.0 Å². The van der Waals surface area contributed by atoms with Gasteiger partial charge in [0.2, 0.25) is 5.91 Å². The molecule has 1 aliphatic heterocycles. The average Bonchev–Trinajstić information content (AvgIpc) is 3.11. The van der Waals surface area contributed by atoms with Crippen LogP contribution in [0, 0.1) is 6.92 Å². The molecule has 2 heterocycles. The molecular formula is C17H21N3O3S. The highest BCUT2D eigenvalue weighted by atomic mass is 32.2. The van der Waals surface area contributed by atoms with Crippen LogP contribution in [0.2, 0.25) is 0 Å². The lowest BCUT2D eigenvalue weighted by Crippen LogP contribution is -2.19. The number of amides is 1. The zero-order valence-electron chi connectivity index (χ0n) is 13.6. The van der Waals surface area contributed by atoms with Crippen LogP contribution in [0.3, 0.4) is 0 Å². The number of hydrogen-bond donors (Lipinski definition) is 1. The summed E-state index contributed by atoms with van der Waals surface area (Å²) in [4.78, 5) is 12.2. The van der Waals surface area contributed by atoms with Crippen molar-refractivity contribution in [1.29, 1.82) is 0 Å². The quantitative estimate of drug-likeness (QED) is 0.898. The highest BCUT2D eigenvalue weighted by molar-refractivity contribution is 7.91. The molecule has 2 aromatic rings. The normalized spacial score (nSPS) is 19.3. The molecule has 0 bridgehead atoms. The topological polar surface area (TPSA) is 81.1 Å². The predicted molar refractivity (Wildman–Crippen MR) is 92.7 cm³/mol. The summed E-state index contributed by atoms with van der Waals surface area (Å²) in [5.41, 5.74) is 2.30. The number of carbonyl (C=O) groups is 1. The third-order valence-electron chi connectivity index (χ3n) is 4.22. The Hall–Kier alpha value is -2.15. The van der Waals surface area contributed by atoms with E-state index in [1.807, 2.05) is 25.1 Å². The lowest BCUT2D eigenvalue weighted by atomic mass is 10.1. The number of nitrogens with zero attached hydrogens (tertiary/aromatic N) is 2. The van der Waals surface area contributed by atoms with Crippen LogP contribution < -0.4 is 5.32 Å². The van der Waals surface area contributed by atoms with Crippen LogP contribution >= 0.6 is 0 Å². The van der Waals surface area contributed by atoms with Gasteiger partial charge >= 0.3 is 0 Å². The van der Waals surface area contributed by atoms with Gasteiger partial charge in [-0.2, -0.15) is 5.10 Å². The Morgan fingerprint density at radius 3 is 2.92 bits per heavy atom. The van der Waals surface area contributed by atoms with Gasteiger partial charge in [-0.05, 0) is 25.3 Å². The Morgan fingerprint density at radius 2 is 2.21 bits per heavy atom. The zero-order chi connectivity index (χ0) is 17.2. The molecule has 3 rings (SSSR count). The van der Waals surface area contributed by atoms with Gasteiger partial charge in [-0.25, -0.2) is 13.1 Å². The molecule has 7 heteroatoms. The van der Waals surface area contributed by atoms with E-state index >= 15 is 0 Å². The van der Waals surface area contributed by atoms with Crippen LogP contribution in [-0.2, 0) is 21.1 Å². The molecule has 0 saturated carbocycles. The van der Waals surface area contributed by atoms with Crippen LogP contribution in [0.15, 0.2) is 36.5 Å². The van der Waals surface area contributed by atoms with E-state index in [9.17, 15) is 13.2 Å². The van der Waals surface area contributed by atoms with Crippen molar-refractivity contribution in [2.75, 3.05) is 16.8 Å². The smallest absolute Gasteiger partial charge is 0.225 e. The largest absolute Gasteiger partial charge is 0.311 e. The molecule has 1 aromatic heterocycles. The summed E-state index contributed by atoms with van der Waals surface area (Å²) in [6.45, 7) is 2.03. The molecule has 0 radical (unpaired) electrons. The van der Waals surface area contributed by atoms with Gasteiger partial charge in [0.05, 0.1) is 23.7 Å². The fraction of sp³-hybridized carbons (Fsp3) is 0.412. The van der Waals surface area contributed by atoms with Crippen molar-refractivity contribution in [2.45, 2.75) is 32.2 Å². The molecule has 24 heavy (non-hydrogen) atoms. The molecule has 1 aliphatic rings. The van der Waals surface area contributed by atoms with Gasteiger partial charge in [-0.3, -0.25) is 4.79 Å². The second-order valence-electron chi connectivity index (χ2n) is 6.26. The fourth-order valence-corrected chi connectivity index (χ4v) is 4.70. The van der Waals surface area contributed by atoms with Gasteiger partial charge in [0.1, 0.15) is 5.82 Å². The maximum atomic E-state index is 12.2. The van der Waals surface area contributed by atoms with Gasteiger partial charge in [0.15, 0.2) is 9.84 Å². The maximum Gasteiger partial charge on any atom is 0.225 e. The Bertz CT molecular complexity index is 842. The highest BCUT2D eigenvalue weighted by Crippen LogP contribution is 2.26. The maximum absolute atomic E-state index is 12.2. The summed E-state index contributed by atoms with van der Waals surface area (Å²) in [6.07, 6.45) is 3.16. The van der Waals surface area contributed by atoms with E-state index in [0.29, 0.717) is 25.1 Å². The highest BCUT2D eigenvalue weighted by Gasteiger charge is 2.30. The summed E-state index contributed by atoms with van der Waals surface area (Å²) in [7, 11) is -2.99. The number of benzene rings is 1. The Balaban J connectivity index is 1.60. The van der Waals surface area contributed by atoms with Gasteiger partial charge < -0.3 is 5.32 Å².